The third-order valence-electron chi connectivity index (χ3n) is 4.86. The van der Waals surface area contributed by atoms with Crippen LogP contribution in [-0.4, -0.2) is 45.0 Å². The first-order chi connectivity index (χ1) is 13.7. The largest absolute Gasteiger partial charge is 0.351 e. The molecule has 0 spiro atoms. The lowest BCUT2D eigenvalue weighted by Crippen LogP contribution is -2.45. The normalized spacial score (nSPS) is 16.7. The molecule has 0 bridgehead atoms. The molecule has 1 saturated heterocycles. The van der Waals surface area contributed by atoms with Crippen LogP contribution in [-0.2, 0) is 11.3 Å². The van der Waals surface area contributed by atoms with Crippen LogP contribution in [0.4, 0.5) is 0 Å². The van der Waals surface area contributed by atoms with Crippen LogP contribution in [0, 0.1) is 5.92 Å². The fourth-order valence-electron chi connectivity index (χ4n) is 3.37. The van der Waals surface area contributed by atoms with Gasteiger partial charge in [-0.25, -0.2) is 0 Å². The molecule has 3 aromatic rings. The maximum absolute atomic E-state index is 12.9. The molecular formula is C20H21N5O2S. The monoisotopic (exact) mass is 395 g/mol. The first-order valence-corrected chi connectivity index (χ1v) is 10.1. The van der Waals surface area contributed by atoms with Gasteiger partial charge in [0.2, 0.25) is 5.91 Å². The summed E-state index contributed by atoms with van der Waals surface area (Å²) >= 11 is 1.62. The molecule has 144 valence electrons. The second kappa shape index (κ2) is 8.35. The van der Waals surface area contributed by atoms with Gasteiger partial charge in [-0.15, -0.1) is 11.3 Å². The number of rotatable bonds is 5. The average Bonchev–Trinajstić information content (AvgIpc) is 3.44. The Labute approximate surface area is 166 Å². The Bertz CT molecular complexity index is 939. The summed E-state index contributed by atoms with van der Waals surface area (Å²) in [5, 5.41) is 12.0. The van der Waals surface area contributed by atoms with Crippen LogP contribution in [0.25, 0.3) is 11.3 Å². The summed E-state index contributed by atoms with van der Waals surface area (Å²) in [6, 6.07) is 9.43. The van der Waals surface area contributed by atoms with E-state index in [4.69, 9.17) is 0 Å². The van der Waals surface area contributed by atoms with Gasteiger partial charge in [-0.1, -0.05) is 6.07 Å². The van der Waals surface area contributed by atoms with E-state index in [1.807, 2.05) is 29.6 Å². The Balaban J connectivity index is 1.38. The molecule has 1 atom stereocenters. The van der Waals surface area contributed by atoms with Crippen molar-refractivity contribution >= 4 is 23.2 Å². The molecule has 1 aliphatic rings. The zero-order valence-corrected chi connectivity index (χ0v) is 16.1. The second-order valence-corrected chi connectivity index (χ2v) is 7.83. The minimum atomic E-state index is -0.182. The van der Waals surface area contributed by atoms with E-state index >= 15 is 0 Å². The number of carbonyl (C=O) groups excluding carboxylic acids is 2. The van der Waals surface area contributed by atoms with Crippen molar-refractivity contribution in [2.24, 2.45) is 5.92 Å². The number of thiophene rings is 1. The molecule has 4 rings (SSSR count). The SMILES string of the molecule is O=C(NCc1cccs1)C1CCCN(C(=O)c2cc(-c3cccnc3)n[nH]2)C1. The van der Waals surface area contributed by atoms with Gasteiger partial charge in [0.15, 0.2) is 0 Å². The fourth-order valence-corrected chi connectivity index (χ4v) is 4.02. The van der Waals surface area contributed by atoms with E-state index in [1.165, 1.54) is 0 Å². The molecule has 3 aromatic heterocycles. The predicted octanol–water partition coefficient (Wildman–Crippen LogP) is 2.70. The van der Waals surface area contributed by atoms with Crippen molar-refractivity contribution in [2.45, 2.75) is 19.4 Å². The summed E-state index contributed by atoms with van der Waals surface area (Å²) < 4.78 is 0. The van der Waals surface area contributed by atoms with Gasteiger partial charge >= 0.3 is 0 Å². The Kier molecular flexibility index (Phi) is 5.48. The number of H-pyrrole nitrogens is 1. The molecule has 2 N–H and O–H groups in total. The van der Waals surface area contributed by atoms with Crippen molar-refractivity contribution in [3.8, 4) is 11.3 Å². The summed E-state index contributed by atoms with van der Waals surface area (Å²) in [4.78, 5) is 32.3. The number of carbonyl (C=O) groups is 2. The number of nitrogens with one attached hydrogen (secondary N) is 2. The Morgan fingerprint density at radius 1 is 1.32 bits per heavy atom. The van der Waals surface area contributed by atoms with Crippen LogP contribution < -0.4 is 5.32 Å². The number of hydrogen-bond acceptors (Lipinski definition) is 5. The van der Waals surface area contributed by atoms with E-state index in [1.54, 1.807) is 34.7 Å². The minimum absolute atomic E-state index is 0.00607. The number of aromatic amines is 1. The topological polar surface area (TPSA) is 91.0 Å². The lowest BCUT2D eigenvalue weighted by Gasteiger charge is -2.31. The maximum atomic E-state index is 12.9. The van der Waals surface area contributed by atoms with Crippen LogP contribution >= 0.6 is 11.3 Å². The zero-order chi connectivity index (χ0) is 19.3. The summed E-state index contributed by atoms with van der Waals surface area (Å²) in [5.74, 6) is -0.302. The number of amides is 2. The van der Waals surface area contributed by atoms with Gasteiger partial charge in [0.05, 0.1) is 18.2 Å². The number of hydrogen-bond donors (Lipinski definition) is 2. The number of aromatic nitrogens is 3. The molecule has 8 heteroatoms. The summed E-state index contributed by atoms with van der Waals surface area (Å²) in [5.41, 5.74) is 1.96. The quantitative estimate of drug-likeness (QED) is 0.695. The van der Waals surface area contributed by atoms with E-state index in [9.17, 15) is 9.59 Å². The van der Waals surface area contributed by atoms with Crippen LogP contribution in [0.2, 0.25) is 0 Å². The molecule has 1 unspecified atom stereocenters. The predicted molar refractivity (Wildman–Crippen MR) is 107 cm³/mol. The van der Waals surface area contributed by atoms with E-state index in [2.05, 4.69) is 20.5 Å². The van der Waals surface area contributed by atoms with Gasteiger partial charge in [-0.2, -0.15) is 5.10 Å². The van der Waals surface area contributed by atoms with Gasteiger partial charge < -0.3 is 10.2 Å². The van der Waals surface area contributed by atoms with Crippen LogP contribution in [0.15, 0.2) is 48.1 Å². The van der Waals surface area contributed by atoms with E-state index < -0.39 is 0 Å². The standard InChI is InChI=1S/C20H21N5O2S/c26-19(22-12-16-6-3-9-28-16)15-5-2-8-25(13-15)20(27)18-10-17(23-24-18)14-4-1-7-21-11-14/h1,3-4,6-7,9-11,15H,2,5,8,12-13H2,(H,22,26)(H,23,24). The molecule has 0 aromatic carbocycles. The third kappa shape index (κ3) is 4.12. The van der Waals surface area contributed by atoms with E-state index in [0.717, 1.165) is 23.3 Å². The summed E-state index contributed by atoms with van der Waals surface area (Å²) in [6.07, 6.45) is 5.01. The minimum Gasteiger partial charge on any atom is -0.351 e. The zero-order valence-electron chi connectivity index (χ0n) is 15.3. The number of nitrogens with zero attached hydrogens (tertiary/aromatic N) is 3. The summed E-state index contributed by atoms with van der Waals surface area (Å²) in [7, 11) is 0. The molecule has 7 nitrogen and oxygen atoms in total. The lowest BCUT2D eigenvalue weighted by atomic mass is 9.97. The molecule has 4 heterocycles. The number of likely N-dealkylation sites (tertiary alicyclic amines) is 1. The van der Waals surface area contributed by atoms with Gasteiger partial charge in [-0.05, 0) is 42.5 Å². The van der Waals surface area contributed by atoms with E-state index in [0.29, 0.717) is 31.0 Å². The lowest BCUT2D eigenvalue weighted by molar-refractivity contribution is -0.126. The van der Waals surface area contributed by atoms with Crippen molar-refractivity contribution in [2.75, 3.05) is 13.1 Å². The van der Waals surface area contributed by atoms with Crippen molar-refractivity contribution in [1.29, 1.82) is 0 Å². The smallest absolute Gasteiger partial charge is 0.271 e. The first-order valence-electron chi connectivity index (χ1n) is 9.26. The highest BCUT2D eigenvalue weighted by Crippen LogP contribution is 2.21. The van der Waals surface area contributed by atoms with Gasteiger partial charge in [0, 0.05) is 35.9 Å². The molecule has 0 aliphatic carbocycles. The van der Waals surface area contributed by atoms with Crippen molar-refractivity contribution in [3.05, 3.63) is 58.7 Å². The second-order valence-electron chi connectivity index (χ2n) is 6.80. The molecule has 0 saturated carbocycles. The van der Waals surface area contributed by atoms with Crippen LogP contribution in [0.1, 0.15) is 28.2 Å². The molecule has 0 radical (unpaired) electrons. The Morgan fingerprint density at radius 3 is 3.04 bits per heavy atom. The average molecular weight is 395 g/mol. The van der Waals surface area contributed by atoms with E-state index in [-0.39, 0.29) is 17.7 Å². The highest BCUT2D eigenvalue weighted by atomic mass is 32.1. The van der Waals surface area contributed by atoms with Crippen LogP contribution in [0.5, 0.6) is 0 Å². The fraction of sp³-hybridized carbons (Fsp3) is 0.300. The molecule has 28 heavy (non-hydrogen) atoms. The Hall–Kier alpha value is -3.00. The molecular weight excluding hydrogens is 374 g/mol. The van der Waals surface area contributed by atoms with Gasteiger partial charge in [-0.3, -0.25) is 19.7 Å². The molecule has 2 amide bonds. The number of piperidine rings is 1. The van der Waals surface area contributed by atoms with Crippen molar-refractivity contribution in [3.63, 3.8) is 0 Å². The number of pyridine rings is 1. The van der Waals surface area contributed by atoms with Gasteiger partial charge in [0.25, 0.3) is 5.91 Å². The molecule has 1 fully saturated rings. The van der Waals surface area contributed by atoms with Crippen LogP contribution in [0.3, 0.4) is 0 Å². The maximum Gasteiger partial charge on any atom is 0.271 e. The Morgan fingerprint density at radius 2 is 2.25 bits per heavy atom. The first kappa shape index (κ1) is 18.4. The molecule has 1 aliphatic heterocycles. The summed E-state index contributed by atoms with van der Waals surface area (Å²) in [6.45, 7) is 1.61. The van der Waals surface area contributed by atoms with Crippen molar-refractivity contribution < 1.29 is 9.59 Å². The third-order valence-corrected chi connectivity index (χ3v) is 5.74. The highest BCUT2D eigenvalue weighted by molar-refractivity contribution is 7.09. The van der Waals surface area contributed by atoms with Crippen molar-refractivity contribution in [1.82, 2.24) is 25.4 Å². The highest BCUT2D eigenvalue weighted by Gasteiger charge is 2.29. The van der Waals surface area contributed by atoms with Gasteiger partial charge in [0.1, 0.15) is 5.69 Å².